The fourth-order valence-electron chi connectivity index (χ4n) is 3.83. The minimum atomic E-state index is -0.317. The van der Waals surface area contributed by atoms with Gasteiger partial charge in [-0.1, -0.05) is 39.0 Å². The van der Waals surface area contributed by atoms with E-state index in [4.69, 9.17) is 0 Å². The first-order valence-corrected chi connectivity index (χ1v) is 8.58. The molecule has 2 fully saturated rings. The SMILES string of the molecule is CCCC(C)(C)NC1CC(=O)N(C2CCCCCC2)C1=O. The maximum Gasteiger partial charge on any atom is 0.247 e. The summed E-state index contributed by atoms with van der Waals surface area (Å²) < 4.78 is 0. The van der Waals surface area contributed by atoms with E-state index >= 15 is 0 Å². The predicted molar refractivity (Wildman–Crippen MR) is 83.9 cm³/mol. The van der Waals surface area contributed by atoms with Gasteiger partial charge in [0.05, 0.1) is 12.5 Å². The second kappa shape index (κ2) is 6.91. The summed E-state index contributed by atoms with van der Waals surface area (Å²) in [6.07, 6.45) is 9.14. The molecule has 21 heavy (non-hydrogen) atoms. The molecule has 0 aromatic heterocycles. The van der Waals surface area contributed by atoms with Crippen molar-refractivity contribution >= 4 is 11.8 Å². The van der Waals surface area contributed by atoms with E-state index in [9.17, 15) is 9.59 Å². The number of carbonyl (C=O) groups is 2. The van der Waals surface area contributed by atoms with Crippen molar-refractivity contribution in [2.75, 3.05) is 0 Å². The summed E-state index contributed by atoms with van der Waals surface area (Å²) in [5.74, 6) is 0.0350. The van der Waals surface area contributed by atoms with Crippen molar-refractivity contribution in [2.45, 2.75) is 96.2 Å². The van der Waals surface area contributed by atoms with E-state index in [1.165, 1.54) is 12.8 Å². The van der Waals surface area contributed by atoms with Gasteiger partial charge in [0.15, 0.2) is 0 Å². The van der Waals surface area contributed by atoms with E-state index in [1.807, 2.05) is 0 Å². The zero-order chi connectivity index (χ0) is 15.5. The van der Waals surface area contributed by atoms with Crippen LogP contribution in [0, 0.1) is 0 Å². The Labute approximate surface area is 128 Å². The summed E-state index contributed by atoms with van der Waals surface area (Å²) in [4.78, 5) is 26.6. The van der Waals surface area contributed by atoms with Crippen LogP contribution in [0.25, 0.3) is 0 Å². The Morgan fingerprint density at radius 1 is 1.14 bits per heavy atom. The van der Waals surface area contributed by atoms with Crippen LogP contribution in [-0.2, 0) is 9.59 Å². The van der Waals surface area contributed by atoms with Gasteiger partial charge in [0.2, 0.25) is 11.8 Å². The molecule has 2 amide bonds. The average molecular weight is 294 g/mol. The number of carbonyl (C=O) groups excluding carboxylic acids is 2. The molecule has 0 aromatic rings. The lowest BCUT2D eigenvalue weighted by molar-refractivity contribution is -0.142. The zero-order valence-corrected chi connectivity index (χ0v) is 13.8. The standard InChI is InChI=1S/C17H30N2O2/c1-4-11-17(2,3)18-14-12-15(20)19(16(14)21)13-9-7-5-6-8-10-13/h13-14,18H,4-12H2,1-3H3. The van der Waals surface area contributed by atoms with Crippen LogP contribution < -0.4 is 5.32 Å². The van der Waals surface area contributed by atoms with Gasteiger partial charge in [0, 0.05) is 11.6 Å². The molecule has 1 heterocycles. The predicted octanol–water partition coefficient (Wildman–Crippen LogP) is 3.01. The number of imide groups is 1. The third-order valence-electron chi connectivity index (χ3n) is 4.81. The molecule has 120 valence electrons. The maximum absolute atomic E-state index is 12.7. The van der Waals surface area contributed by atoms with Crippen molar-refractivity contribution in [1.29, 1.82) is 0 Å². The largest absolute Gasteiger partial charge is 0.300 e. The molecule has 0 bridgehead atoms. The summed E-state index contributed by atoms with van der Waals surface area (Å²) in [6.45, 7) is 6.37. The molecule has 1 atom stereocenters. The minimum absolute atomic E-state index is 0.0103. The van der Waals surface area contributed by atoms with Gasteiger partial charge >= 0.3 is 0 Å². The molecule has 0 radical (unpaired) electrons. The highest BCUT2D eigenvalue weighted by atomic mass is 16.2. The second-order valence-electron chi connectivity index (χ2n) is 7.28. The molecule has 4 nitrogen and oxygen atoms in total. The van der Waals surface area contributed by atoms with E-state index in [0.29, 0.717) is 6.42 Å². The van der Waals surface area contributed by atoms with Gasteiger partial charge in [-0.3, -0.25) is 14.5 Å². The number of nitrogens with one attached hydrogen (secondary N) is 1. The van der Waals surface area contributed by atoms with Crippen molar-refractivity contribution in [3.05, 3.63) is 0 Å². The Bertz CT molecular complexity index is 384. The first-order chi connectivity index (χ1) is 9.94. The lowest BCUT2D eigenvalue weighted by atomic mass is 9.97. The van der Waals surface area contributed by atoms with Crippen molar-refractivity contribution in [1.82, 2.24) is 10.2 Å². The van der Waals surface area contributed by atoms with E-state index in [-0.39, 0.29) is 29.4 Å². The monoisotopic (exact) mass is 294 g/mol. The van der Waals surface area contributed by atoms with Gasteiger partial charge in [0.25, 0.3) is 0 Å². The fourth-order valence-corrected chi connectivity index (χ4v) is 3.83. The van der Waals surface area contributed by atoms with Crippen molar-refractivity contribution in [3.8, 4) is 0 Å². The van der Waals surface area contributed by atoms with Gasteiger partial charge in [-0.2, -0.15) is 0 Å². The molecule has 4 heteroatoms. The summed E-state index contributed by atoms with van der Waals surface area (Å²) >= 11 is 0. The Morgan fingerprint density at radius 2 is 1.76 bits per heavy atom. The van der Waals surface area contributed by atoms with Crippen LogP contribution in [0.5, 0.6) is 0 Å². The molecular formula is C17H30N2O2. The molecule has 1 N–H and O–H groups in total. The summed E-state index contributed by atoms with van der Waals surface area (Å²) in [5.41, 5.74) is -0.0885. The third-order valence-corrected chi connectivity index (χ3v) is 4.81. The first kappa shape index (κ1) is 16.5. The molecule has 1 aliphatic carbocycles. The number of rotatable bonds is 5. The number of hydrogen-bond donors (Lipinski definition) is 1. The van der Waals surface area contributed by atoms with Crippen LogP contribution in [0.3, 0.4) is 0 Å². The highest BCUT2D eigenvalue weighted by molar-refractivity contribution is 6.05. The molecule has 1 saturated heterocycles. The first-order valence-electron chi connectivity index (χ1n) is 8.58. The van der Waals surface area contributed by atoms with Crippen molar-refractivity contribution in [3.63, 3.8) is 0 Å². The highest BCUT2D eigenvalue weighted by Crippen LogP contribution is 2.27. The second-order valence-corrected chi connectivity index (χ2v) is 7.28. The number of nitrogens with zero attached hydrogens (tertiary/aromatic N) is 1. The van der Waals surface area contributed by atoms with Crippen molar-refractivity contribution < 1.29 is 9.59 Å². The molecule has 1 saturated carbocycles. The third kappa shape index (κ3) is 4.06. The summed E-state index contributed by atoms with van der Waals surface area (Å²) in [7, 11) is 0. The zero-order valence-electron chi connectivity index (χ0n) is 13.8. The Hall–Kier alpha value is -0.900. The van der Waals surface area contributed by atoms with Crippen molar-refractivity contribution in [2.24, 2.45) is 0 Å². The molecule has 0 spiro atoms. The van der Waals surface area contributed by atoms with E-state index < -0.39 is 0 Å². The smallest absolute Gasteiger partial charge is 0.247 e. The summed E-state index contributed by atoms with van der Waals surface area (Å²) in [6, 6.07) is -0.170. The molecular weight excluding hydrogens is 264 g/mol. The Morgan fingerprint density at radius 3 is 2.33 bits per heavy atom. The number of likely N-dealkylation sites (tertiary alicyclic amines) is 1. The molecule has 2 aliphatic rings. The van der Waals surface area contributed by atoms with E-state index in [0.717, 1.165) is 38.5 Å². The Kier molecular flexibility index (Phi) is 5.42. The lowest BCUT2D eigenvalue weighted by Gasteiger charge is -2.30. The quantitative estimate of drug-likeness (QED) is 0.626. The Balaban J connectivity index is 2.02. The highest BCUT2D eigenvalue weighted by Gasteiger charge is 2.43. The van der Waals surface area contributed by atoms with Crippen LogP contribution in [-0.4, -0.2) is 34.3 Å². The number of hydrogen-bond acceptors (Lipinski definition) is 3. The number of amides is 2. The normalized spacial score (nSPS) is 25.5. The van der Waals surface area contributed by atoms with Gasteiger partial charge in [-0.15, -0.1) is 0 Å². The van der Waals surface area contributed by atoms with Crippen LogP contribution >= 0.6 is 0 Å². The molecule has 1 unspecified atom stereocenters. The van der Waals surface area contributed by atoms with Crippen LogP contribution in [0.2, 0.25) is 0 Å². The molecule has 1 aliphatic heterocycles. The van der Waals surface area contributed by atoms with E-state index in [2.05, 4.69) is 26.1 Å². The minimum Gasteiger partial charge on any atom is -0.300 e. The maximum atomic E-state index is 12.7. The van der Waals surface area contributed by atoms with E-state index in [1.54, 1.807) is 4.90 Å². The average Bonchev–Trinajstić information content (AvgIpc) is 2.60. The van der Waals surface area contributed by atoms with Crippen LogP contribution in [0.1, 0.15) is 78.6 Å². The summed E-state index contributed by atoms with van der Waals surface area (Å²) in [5, 5.41) is 3.41. The van der Waals surface area contributed by atoms with Crippen LogP contribution in [0.15, 0.2) is 0 Å². The van der Waals surface area contributed by atoms with Gasteiger partial charge < -0.3 is 5.32 Å². The molecule has 0 aromatic carbocycles. The molecule has 2 rings (SSSR count). The lowest BCUT2D eigenvalue weighted by Crippen LogP contribution is -2.50. The van der Waals surface area contributed by atoms with Gasteiger partial charge in [-0.05, 0) is 33.1 Å². The van der Waals surface area contributed by atoms with Gasteiger partial charge in [0.1, 0.15) is 0 Å². The topological polar surface area (TPSA) is 49.4 Å². The van der Waals surface area contributed by atoms with Gasteiger partial charge in [-0.25, -0.2) is 0 Å². The fraction of sp³-hybridized carbons (Fsp3) is 0.882. The van der Waals surface area contributed by atoms with Crippen LogP contribution in [0.4, 0.5) is 0 Å².